The van der Waals surface area contributed by atoms with Crippen LogP contribution in [0.15, 0.2) is 0 Å². The van der Waals surface area contributed by atoms with Gasteiger partial charge in [0, 0.05) is 12.5 Å². The van der Waals surface area contributed by atoms with Gasteiger partial charge >= 0.3 is 0 Å². The van der Waals surface area contributed by atoms with E-state index in [1.165, 1.54) is 25.7 Å². The van der Waals surface area contributed by atoms with Gasteiger partial charge in [0.05, 0.1) is 0 Å². The Bertz CT molecular complexity index is 329. The second-order valence-electron chi connectivity index (χ2n) is 4.72. The number of nitrogens with zero attached hydrogens (tertiary/aromatic N) is 3. The molecule has 84 valence electrons. The first-order valence-electron chi connectivity index (χ1n) is 5.77. The molecule has 1 aliphatic carbocycles. The molecule has 1 saturated carbocycles. The number of aromatic nitrogens is 3. The average molecular weight is 228 g/mol. The summed E-state index contributed by atoms with van der Waals surface area (Å²) in [7, 11) is 0. The first kappa shape index (κ1) is 10.9. The Hall–Kier alpha value is -0.570. The first-order chi connectivity index (χ1) is 7.18. The van der Waals surface area contributed by atoms with Crippen molar-refractivity contribution in [2.45, 2.75) is 52.0 Å². The van der Waals surface area contributed by atoms with Gasteiger partial charge < -0.3 is 4.57 Å². The molecule has 0 N–H and O–H groups in total. The maximum Gasteiger partial charge on any atom is 0.225 e. The molecule has 1 heterocycles. The fraction of sp³-hybridized carbons (Fsp3) is 0.818. The maximum absolute atomic E-state index is 6.02. The number of rotatable bonds is 4. The van der Waals surface area contributed by atoms with Crippen molar-refractivity contribution in [3.63, 3.8) is 0 Å². The van der Waals surface area contributed by atoms with Crippen LogP contribution in [0.3, 0.4) is 0 Å². The van der Waals surface area contributed by atoms with Crippen LogP contribution in [0.25, 0.3) is 0 Å². The molecule has 0 amide bonds. The van der Waals surface area contributed by atoms with E-state index in [2.05, 4.69) is 28.6 Å². The lowest BCUT2D eigenvalue weighted by molar-refractivity contribution is 0.280. The molecule has 0 radical (unpaired) electrons. The lowest BCUT2D eigenvalue weighted by atomic mass is 9.83. The molecular formula is C11H18ClN3. The van der Waals surface area contributed by atoms with Crippen LogP contribution in [-0.2, 0) is 6.54 Å². The smallest absolute Gasteiger partial charge is 0.225 e. The minimum Gasteiger partial charge on any atom is -0.302 e. The molecule has 1 fully saturated rings. The summed E-state index contributed by atoms with van der Waals surface area (Å²) in [4.78, 5) is 0. The van der Waals surface area contributed by atoms with Gasteiger partial charge in [-0.15, -0.1) is 10.2 Å². The van der Waals surface area contributed by atoms with Gasteiger partial charge in [0.1, 0.15) is 5.82 Å². The Morgan fingerprint density at radius 3 is 2.67 bits per heavy atom. The van der Waals surface area contributed by atoms with Crippen molar-refractivity contribution >= 4 is 11.6 Å². The third-order valence-corrected chi connectivity index (χ3v) is 3.52. The van der Waals surface area contributed by atoms with Gasteiger partial charge in [0.25, 0.3) is 0 Å². The second kappa shape index (κ2) is 4.52. The van der Waals surface area contributed by atoms with Crippen LogP contribution in [0.2, 0.25) is 5.28 Å². The molecule has 0 aromatic carbocycles. The van der Waals surface area contributed by atoms with Crippen LogP contribution < -0.4 is 0 Å². The Balaban J connectivity index is 2.01. The maximum atomic E-state index is 6.02. The largest absolute Gasteiger partial charge is 0.302 e. The molecule has 2 rings (SSSR count). The van der Waals surface area contributed by atoms with Crippen molar-refractivity contribution in [3.05, 3.63) is 11.1 Å². The Morgan fingerprint density at radius 1 is 1.40 bits per heavy atom. The van der Waals surface area contributed by atoms with E-state index >= 15 is 0 Å². The van der Waals surface area contributed by atoms with Crippen molar-refractivity contribution in [2.75, 3.05) is 0 Å². The predicted octanol–water partition coefficient (Wildman–Crippen LogP) is 3.25. The molecule has 0 unspecified atom stereocenters. The second-order valence-corrected chi connectivity index (χ2v) is 5.06. The van der Waals surface area contributed by atoms with E-state index < -0.39 is 0 Å². The van der Waals surface area contributed by atoms with Gasteiger partial charge in [-0.3, -0.25) is 0 Å². The normalized spacial score (nSPS) is 17.1. The Kier molecular flexibility index (Phi) is 3.29. The van der Waals surface area contributed by atoms with E-state index in [1.54, 1.807) is 0 Å². The summed E-state index contributed by atoms with van der Waals surface area (Å²) in [5, 5.41) is 8.60. The SMILES string of the molecule is CC(C)c1nnc(Cl)n1CCC1CCC1. The molecule has 1 aliphatic rings. The zero-order valence-corrected chi connectivity index (χ0v) is 10.2. The summed E-state index contributed by atoms with van der Waals surface area (Å²) in [5.41, 5.74) is 0. The lowest BCUT2D eigenvalue weighted by Crippen LogP contribution is -2.15. The highest BCUT2D eigenvalue weighted by atomic mass is 35.5. The van der Waals surface area contributed by atoms with Crippen LogP contribution in [0.4, 0.5) is 0 Å². The van der Waals surface area contributed by atoms with Gasteiger partial charge in [-0.25, -0.2) is 0 Å². The van der Waals surface area contributed by atoms with Crippen molar-refractivity contribution in [1.29, 1.82) is 0 Å². The fourth-order valence-corrected chi connectivity index (χ4v) is 2.23. The first-order valence-corrected chi connectivity index (χ1v) is 6.15. The highest BCUT2D eigenvalue weighted by Gasteiger charge is 2.19. The topological polar surface area (TPSA) is 30.7 Å². The fourth-order valence-electron chi connectivity index (χ4n) is 2.02. The molecular weight excluding hydrogens is 210 g/mol. The van der Waals surface area contributed by atoms with E-state index in [4.69, 9.17) is 11.6 Å². The number of hydrogen-bond donors (Lipinski definition) is 0. The van der Waals surface area contributed by atoms with Crippen molar-refractivity contribution < 1.29 is 0 Å². The molecule has 3 nitrogen and oxygen atoms in total. The molecule has 0 bridgehead atoms. The summed E-state index contributed by atoms with van der Waals surface area (Å²) < 4.78 is 2.06. The molecule has 1 aromatic rings. The minimum atomic E-state index is 0.395. The number of hydrogen-bond acceptors (Lipinski definition) is 2. The van der Waals surface area contributed by atoms with Crippen LogP contribution in [0.1, 0.15) is 51.3 Å². The summed E-state index contributed by atoms with van der Waals surface area (Å²) in [6.45, 7) is 5.23. The molecule has 1 aromatic heterocycles. The third-order valence-electron chi connectivity index (χ3n) is 3.24. The Labute approximate surface area is 95.8 Å². The molecule has 0 saturated heterocycles. The lowest BCUT2D eigenvalue weighted by Gasteiger charge is -2.25. The molecule has 0 aliphatic heterocycles. The highest BCUT2D eigenvalue weighted by Crippen LogP contribution is 2.30. The van der Waals surface area contributed by atoms with Gasteiger partial charge in [0.15, 0.2) is 0 Å². The molecule has 4 heteroatoms. The zero-order valence-electron chi connectivity index (χ0n) is 9.41. The zero-order chi connectivity index (χ0) is 10.8. The molecule has 0 atom stereocenters. The van der Waals surface area contributed by atoms with E-state index in [-0.39, 0.29) is 0 Å². The number of halogens is 1. The van der Waals surface area contributed by atoms with Gasteiger partial charge in [-0.1, -0.05) is 33.1 Å². The summed E-state index contributed by atoms with van der Waals surface area (Å²) in [6, 6.07) is 0. The predicted molar refractivity (Wildman–Crippen MR) is 61.1 cm³/mol. The molecule has 15 heavy (non-hydrogen) atoms. The van der Waals surface area contributed by atoms with E-state index in [0.717, 1.165) is 18.3 Å². The van der Waals surface area contributed by atoms with E-state index in [1.807, 2.05) is 0 Å². The average Bonchev–Trinajstić information content (AvgIpc) is 2.45. The minimum absolute atomic E-state index is 0.395. The van der Waals surface area contributed by atoms with Crippen LogP contribution in [-0.4, -0.2) is 14.8 Å². The van der Waals surface area contributed by atoms with Crippen molar-refractivity contribution in [3.8, 4) is 0 Å². The summed E-state index contributed by atoms with van der Waals surface area (Å²) in [6.07, 6.45) is 5.39. The summed E-state index contributed by atoms with van der Waals surface area (Å²) >= 11 is 6.02. The van der Waals surface area contributed by atoms with E-state index in [9.17, 15) is 0 Å². The third kappa shape index (κ3) is 2.33. The van der Waals surface area contributed by atoms with Gasteiger partial charge in [-0.05, 0) is 23.9 Å². The van der Waals surface area contributed by atoms with Crippen LogP contribution >= 0.6 is 11.6 Å². The quantitative estimate of drug-likeness (QED) is 0.791. The van der Waals surface area contributed by atoms with Crippen LogP contribution in [0.5, 0.6) is 0 Å². The standard InChI is InChI=1S/C11H18ClN3/c1-8(2)10-13-14-11(12)15(10)7-6-9-4-3-5-9/h8-9H,3-7H2,1-2H3. The van der Waals surface area contributed by atoms with Crippen molar-refractivity contribution in [1.82, 2.24) is 14.8 Å². The highest BCUT2D eigenvalue weighted by molar-refractivity contribution is 6.28. The van der Waals surface area contributed by atoms with E-state index in [0.29, 0.717) is 11.2 Å². The van der Waals surface area contributed by atoms with Gasteiger partial charge in [-0.2, -0.15) is 0 Å². The van der Waals surface area contributed by atoms with Gasteiger partial charge in [0.2, 0.25) is 5.28 Å². The molecule has 0 spiro atoms. The Morgan fingerprint density at radius 2 is 2.13 bits per heavy atom. The van der Waals surface area contributed by atoms with Crippen molar-refractivity contribution in [2.24, 2.45) is 5.92 Å². The monoisotopic (exact) mass is 227 g/mol. The van der Waals surface area contributed by atoms with Crippen LogP contribution in [0, 0.1) is 5.92 Å². The summed E-state index contributed by atoms with van der Waals surface area (Å²) in [5.74, 6) is 2.31.